The second-order valence-corrected chi connectivity index (χ2v) is 4.57. The van der Waals surface area contributed by atoms with E-state index in [1.165, 1.54) is 11.1 Å². The van der Waals surface area contributed by atoms with Crippen LogP contribution in [-0.4, -0.2) is 31.7 Å². The van der Waals surface area contributed by atoms with Crippen LogP contribution in [0.15, 0.2) is 18.2 Å². The van der Waals surface area contributed by atoms with E-state index in [1.54, 1.807) is 0 Å². The molecule has 5 heteroatoms. The molecular weight excluding hydrogens is 264 g/mol. The SMILES string of the molecule is CCc1cc(NC(=O)C2COCCN2)ccc1C.Cl. The van der Waals surface area contributed by atoms with Gasteiger partial charge in [-0.3, -0.25) is 4.79 Å². The molecule has 1 aliphatic heterocycles. The van der Waals surface area contributed by atoms with Crippen LogP contribution >= 0.6 is 12.4 Å². The zero-order valence-corrected chi connectivity index (χ0v) is 12.2. The molecule has 1 amide bonds. The van der Waals surface area contributed by atoms with Gasteiger partial charge in [0.05, 0.1) is 13.2 Å². The Morgan fingerprint density at radius 1 is 1.53 bits per heavy atom. The van der Waals surface area contributed by atoms with Crippen LogP contribution in [0.4, 0.5) is 5.69 Å². The number of rotatable bonds is 3. The summed E-state index contributed by atoms with van der Waals surface area (Å²) in [6.45, 7) is 6.05. The number of ether oxygens (including phenoxy) is 1. The molecule has 0 aliphatic carbocycles. The zero-order valence-electron chi connectivity index (χ0n) is 11.4. The minimum Gasteiger partial charge on any atom is -0.378 e. The Balaban J connectivity index is 0.00000180. The lowest BCUT2D eigenvalue weighted by atomic mass is 10.1. The van der Waals surface area contributed by atoms with Crippen LogP contribution in [0.2, 0.25) is 0 Å². The number of nitrogens with one attached hydrogen (secondary N) is 2. The number of halogens is 1. The molecule has 1 saturated heterocycles. The third-order valence-corrected chi connectivity index (χ3v) is 3.24. The van der Waals surface area contributed by atoms with Crippen LogP contribution < -0.4 is 10.6 Å². The minimum absolute atomic E-state index is 0. The van der Waals surface area contributed by atoms with E-state index in [1.807, 2.05) is 18.2 Å². The fourth-order valence-corrected chi connectivity index (χ4v) is 2.09. The zero-order chi connectivity index (χ0) is 13.0. The van der Waals surface area contributed by atoms with Gasteiger partial charge in [-0.2, -0.15) is 0 Å². The van der Waals surface area contributed by atoms with Gasteiger partial charge in [0.25, 0.3) is 0 Å². The number of carbonyl (C=O) groups excluding carboxylic acids is 1. The van der Waals surface area contributed by atoms with E-state index in [0.29, 0.717) is 13.2 Å². The van der Waals surface area contributed by atoms with Crippen LogP contribution in [0.1, 0.15) is 18.1 Å². The standard InChI is InChI=1S/C14H20N2O2.ClH/c1-3-11-8-12(5-4-10(11)2)16-14(17)13-9-18-7-6-15-13;/h4-5,8,13,15H,3,6-7,9H2,1-2H3,(H,16,17);1H. The molecule has 0 saturated carbocycles. The number of amides is 1. The molecule has 1 aromatic rings. The molecule has 0 bridgehead atoms. The van der Waals surface area contributed by atoms with Gasteiger partial charge in [0.15, 0.2) is 0 Å². The molecule has 1 fully saturated rings. The van der Waals surface area contributed by atoms with Crippen molar-refractivity contribution >= 4 is 24.0 Å². The van der Waals surface area contributed by atoms with Crippen molar-refractivity contribution < 1.29 is 9.53 Å². The number of benzene rings is 1. The van der Waals surface area contributed by atoms with Crippen LogP contribution in [0.25, 0.3) is 0 Å². The molecule has 4 nitrogen and oxygen atoms in total. The monoisotopic (exact) mass is 284 g/mol. The average molecular weight is 285 g/mol. The molecule has 106 valence electrons. The first-order valence-electron chi connectivity index (χ1n) is 6.42. The van der Waals surface area contributed by atoms with Crippen LogP contribution in [-0.2, 0) is 16.0 Å². The molecule has 0 aromatic heterocycles. The predicted molar refractivity (Wildman–Crippen MR) is 79.0 cm³/mol. The molecule has 1 heterocycles. The summed E-state index contributed by atoms with van der Waals surface area (Å²) in [5.74, 6) is -0.0272. The Kier molecular flexibility index (Phi) is 6.28. The normalized spacial score (nSPS) is 18.5. The van der Waals surface area contributed by atoms with Gasteiger partial charge in [-0.05, 0) is 36.6 Å². The van der Waals surface area contributed by atoms with Gasteiger partial charge in [-0.25, -0.2) is 0 Å². The number of anilines is 1. The summed E-state index contributed by atoms with van der Waals surface area (Å²) in [6.07, 6.45) is 0.973. The van der Waals surface area contributed by atoms with Crippen LogP contribution in [0, 0.1) is 6.92 Å². The van der Waals surface area contributed by atoms with Gasteiger partial charge in [-0.1, -0.05) is 13.0 Å². The van der Waals surface area contributed by atoms with E-state index < -0.39 is 0 Å². The minimum atomic E-state index is -0.245. The maximum atomic E-state index is 12.0. The summed E-state index contributed by atoms with van der Waals surface area (Å²) in [7, 11) is 0. The maximum Gasteiger partial charge on any atom is 0.243 e. The number of carbonyl (C=O) groups is 1. The van der Waals surface area contributed by atoms with E-state index >= 15 is 0 Å². The molecule has 2 rings (SSSR count). The van der Waals surface area contributed by atoms with Crippen LogP contribution in [0.5, 0.6) is 0 Å². The summed E-state index contributed by atoms with van der Waals surface area (Å²) in [5.41, 5.74) is 3.38. The maximum absolute atomic E-state index is 12.0. The lowest BCUT2D eigenvalue weighted by Crippen LogP contribution is -2.48. The van der Waals surface area contributed by atoms with E-state index in [4.69, 9.17) is 4.74 Å². The van der Waals surface area contributed by atoms with E-state index in [0.717, 1.165) is 18.7 Å². The lowest BCUT2D eigenvalue weighted by Gasteiger charge is -2.23. The third-order valence-electron chi connectivity index (χ3n) is 3.24. The summed E-state index contributed by atoms with van der Waals surface area (Å²) in [5, 5.41) is 6.07. The van der Waals surface area contributed by atoms with Crippen molar-refractivity contribution in [2.24, 2.45) is 0 Å². The second kappa shape index (κ2) is 7.48. The highest BCUT2D eigenvalue weighted by atomic mass is 35.5. The van der Waals surface area contributed by atoms with Crippen LogP contribution in [0.3, 0.4) is 0 Å². The first-order chi connectivity index (χ1) is 8.70. The number of hydrogen-bond acceptors (Lipinski definition) is 3. The van der Waals surface area contributed by atoms with Gasteiger partial charge < -0.3 is 15.4 Å². The van der Waals surface area contributed by atoms with Crippen molar-refractivity contribution in [3.63, 3.8) is 0 Å². The molecule has 1 atom stereocenters. The summed E-state index contributed by atoms with van der Waals surface area (Å²) >= 11 is 0. The molecule has 1 unspecified atom stereocenters. The highest BCUT2D eigenvalue weighted by Gasteiger charge is 2.21. The summed E-state index contributed by atoms with van der Waals surface area (Å²) in [4.78, 5) is 12.0. The molecule has 1 aromatic carbocycles. The highest BCUT2D eigenvalue weighted by molar-refractivity contribution is 5.95. The topological polar surface area (TPSA) is 50.4 Å². The fraction of sp³-hybridized carbons (Fsp3) is 0.500. The second-order valence-electron chi connectivity index (χ2n) is 4.57. The fourth-order valence-electron chi connectivity index (χ4n) is 2.09. The quantitative estimate of drug-likeness (QED) is 0.891. The van der Waals surface area contributed by atoms with Crippen molar-refractivity contribution in [1.82, 2.24) is 5.32 Å². The Labute approximate surface area is 120 Å². The molecule has 0 radical (unpaired) electrons. The highest BCUT2D eigenvalue weighted by Crippen LogP contribution is 2.16. The summed E-state index contributed by atoms with van der Waals surface area (Å²) < 4.78 is 5.28. The number of morpholine rings is 1. The first kappa shape index (κ1) is 16.0. The van der Waals surface area contributed by atoms with E-state index in [-0.39, 0.29) is 24.4 Å². The Morgan fingerprint density at radius 3 is 2.95 bits per heavy atom. The lowest BCUT2D eigenvalue weighted by molar-refractivity contribution is -0.120. The Bertz CT molecular complexity index is 431. The van der Waals surface area contributed by atoms with E-state index in [9.17, 15) is 4.79 Å². The van der Waals surface area contributed by atoms with Gasteiger partial charge >= 0.3 is 0 Å². The first-order valence-corrected chi connectivity index (χ1v) is 6.42. The van der Waals surface area contributed by atoms with Crippen molar-refractivity contribution in [2.45, 2.75) is 26.3 Å². The largest absolute Gasteiger partial charge is 0.378 e. The van der Waals surface area contributed by atoms with E-state index in [2.05, 4.69) is 24.5 Å². The molecule has 2 N–H and O–H groups in total. The van der Waals surface area contributed by atoms with Crippen molar-refractivity contribution in [1.29, 1.82) is 0 Å². The summed E-state index contributed by atoms with van der Waals surface area (Å²) in [6, 6.07) is 5.77. The molecule has 19 heavy (non-hydrogen) atoms. The number of hydrogen-bond donors (Lipinski definition) is 2. The van der Waals surface area contributed by atoms with Crippen molar-refractivity contribution in [3.05, 3.63) is 29.3 Å². The Hall–Kier alpha value is -1.10. The average Bonchev–Trinajstić information content (AvgIpc) is 2.42. The third kappa shape index (κ3) is 4.20. The van der Waals surface area contributed by atoms with Gasteiger partial charge in [-0.15, -0.1) is 12.4 Å². The van der Waals surface area contributed by atoms with Gasteiger partial charge in [0.1, 0.15) is 6.04 Å². The molecule has 0 spiro atoms. The predicted octanol–water partition coefficient (Wildman–Crippen LogP) is 1.91. The molecular formula is C14H21ClN2O2. The Morgan fingerprint density at radius 2 is 2.32 bits per heavy atom. The number of aryl methyl sites for hydroxylation is 2. The van der Waals surface area contributed by atoms with Crippen molar-refractivity contribution in [2.75, 3.05) is 25.1 Å². The van der Waals surface area contributed by atoms with Gasteiger partial charge in [0, 0.05) is 12.2 Å². The molecule has 1 aliphatic rings. The van der Waals surface area contributed by atoms with Gasteiger partial charge in [0.2, 0.25) is 5.91 Å². The smallest absolute Gasteiger partial charge is 0.243 e. The van der Waals surface area contributed by atoms with Crippen molar-refractivity contribution in [3.8, 4) is 0 Å².